The molecule has 2 rings (SSSR count). The van der Waals surface area contributed by atoms with Crippen molar-refractivity contribution in [2.75, 3.05) is 33.4 Å². The molecule has 31 heavy (non-hydrogen) atoms. The molecule has 6 heteroatoms. The predicted octanol–water partition coefficient (Wildman–Crippen LogP) is 3.65. The molecule has 0 saturated heterocycles. The maximum absolute atomic E-state index is 13.2. The van der Waals surface area contributed by atoms with Gasteiger partial charge in [0, 0.05) is 52.2 Å². The Morgan fingerprint density at radius 2 is 1.71 bits per heavy atom. The average Bonchev–Trinajstić information content (AvgIpc) is 3.19. The van der Waals surface area contributed by atoms with E-state index in [-0.39, 0.29) is 18.4 Å². The number of hydrogen-bond acceptors (Lipinski definition) is 3. The van der Waals surface area contributed by atoms with E-state index in [4.69, 9.17) is 4.74 Å². The molecular weight excluding hydrogens is 390 g/mol. The molecule has 2 aromatic rings. The lowest BCUT2D eigenvalue weighted by Gasteiger charge is -2.28. The molecule has 0 saturated carbocycles. The van der Waals surface area contributed by atoms with Crippen molar-refractivity contribution in [2.45, 2.75) is 45.6 Å². The first-order chi connectivity index (χ1) is 15.0. The van der Waals surface area contributed by atoms with Crippen molar-refractivity contribution < 1.29 is 14.3 Å². The summed E-state index contributed by atoms with van der Waals surface area (Å²) in [6.45, 7) is 4.59. The van der Waals surface area contributed by atoms with E-state index in [1.807, 2.05) is 65.2 Å². The number of hydrogen-bond donors (Lipinski definition) is 0. The minimum absolute atomic E-state index is 0.000118. The van der Waals surface area contributed by atoms with Crippen molar-refractivity contribution in [3.8, 4) is 0 Å². The van der Waals surface area contributed by atoms with Gasteiger partial charge < -0.3 is 19.1 Å². The Bertz CT molecular complexity index is 788. The van der Waals surface area contributed by atoms with E-state index in [0.717, 1.165) is 24.1 Å². The van der Waals surface area contributed by atoms with Crippen molar-refractivity contribution in [1.82, 2.24) is 14.4 Å². The van der Waals surface area contributed by atoms with Gasteiger partial charge in [0.25, 0.3) is 0 Å². The van der Waals surface area contributed by atoms with Crippen LogP contribution in [0.2, 0.25) is 0 Å². The number of rotatable bonds is 14. The summed E-state index contributed by atoms with van der Waals surface area (Å²) in [6.07, 6.45) is 5.75. The quantitative estimate of drug-likeness (QED) is 0.433. The topological polar surface area (TPSA) is 54.8 Å². The number of ether oxygens (including phenoxy) is 1. The number of amides is 2. The minimum Gasteiger partial charge on any atom is -0.385 e. The number of carbonyl (C=O) groups excluding carboxylic acids is 2. The van der Waals surface area contributed by atoms with Crippen LogP contribution >= 0.6 is 0 Å². The fourth-order valence-corrected chi connectivity index (χ4v) is 3.51. The standard InChI is InChI=1S/C25H37N3O3/c1-4-5-17-27(20-23-13-9-16-26(23)2)25(30)21-28(18-10-19-31-3)24(29)15-14-22-11-7-6-8-12-22/h6-9,11-13,16H,4-5,10,14-15,17-21H2,1-3H3. The Kier molecular flexibility index (Phi) is 10.9. The van der Waals surface area contributed by atoms with Crippen LogP contribution in [0.25, 0.3) is 0 Å². The summed E-state index contributed by atoms with van der Waals surface area (Å²) in [6, 6.07) is 14.0. The van der Waals surface area contributed by atoms with Crippen LogP contribution in [-0.2, 0) is 34.3 Å². The summed E-state index contributed by atoms with van der Waals surface area (Å²) in [4.78, 5) is 29.7. The van der Waals surface area contributed by atoms with Gasteiger partial charge in [0.2, 0.25) is 11.8 Å². The second-order valence-corrected chi connectivity index (χ2v) is 7.93. The number of carbonyl (C=O) groups is 2. The smallest absolute Gasteiger partial charge is 0.242 e. The van der Waals surface area contributed by atoms with Gasteiger partial charge in [-0.25, -0.2) is 0 Å². The Labute approximate surface area is 186 Å². The molecule has 0 spiro atoms. The van der Waals surface area contributed by atoms with Crippen molar-refractivity contribution in [3.63, 3.8) is 0 Å². The molecule has 0 unspecified atom stereocenters. The van der Waals surface area contributed by atoms with Crippen LogP contribution in [0.15, 0.2) is 48.7 Å². The van der Waals surface area contributed by atoms with E-state index in [1.54, 1.807) is 12.0 Å². The molecule has 1 aromatic carbocycles. The van der Waals surface area contributed by atoms with E-state index >= 15 is 0 Å². The predicted molar refractivity (Wildman–Crippen MR) is 124 cm³/mol. The molecule has 0 bridgehead atoms. The van der Waals surface area contributed by atoms with E-state index in [1.165, 1.54) is 0 Å². The molecule has 1 heterocycles. The number of aryl methyl sites for hydroxylation is 2. The number of nitrogens with zero attached hydrogens (tertiary/aromatic N) is 3. The molecule has 170 valence electrons. The monoisotopic (exact) mass is 427 g/mol. The van der Waals surface area contributed by atoms with Crippen LogP contribution in [0.5, 0.6) is 0 Å². The number of benzene rings is 1. The lowest BCUT2D eigenvalue weighted by atomic mass is 10.1. The highest BCUT2D eigenvalue weighted by Crippen LogP contribution is 2.10. The van der Waals surface area contributed by atoms with E-state index in [0.29, 0.717) is 45.5 Å². The lowest BCUT2D eigenvalue weighted by molar-refractivity contribution is -0.141. The van der Waals surface area contributed by atoms with Gasteiger partial charge in [-0.15, -0.1) is 0 Å². The SMILES string of the molecule is CCCCN(Cc1cccn1C)C(=O)CN(CCCOC)C(=O)CCc1ccccc1. The molecule has 6 nitrogen and oxygen atoms in total. The Balaban J connectivity index is 2.03. The van der Waals surface area contributed by atoms with Gasteiger partial charge in [0.15, 0.2) is 0 Å². The molecular formula is C25H37N3O3. The van der Waals surface area contributed by atoms with Crippen LogP contribution in [-0.4, -0.2) is 59.5 Å². The Morgan fingerprint density at radius 1 is 0.968 bits per heavy atom. The lowest BCUT2D eigenvalue weighted by Crippen LogP contribution is -2.43. The van der Waals surface area contributed by atoms with Crippen LogP contribution in [0.3, 0.4) is 0 Å². The van der Waals surface area contributed by atoms with Crippen molar-refractivity contribution in [1.29, 1.82) is 0 Å². The first-order valence-corrected chi connectivity index (χ1v) is 11.2. The normalized spacial score (nSPS) is 10.8. The molecule has 0 atom stereocenters. The summed E-state index contributed by atoms with van der Waals surface area (Å²) < 4.78 is 7.19. The van der Waals surface area contributed by atoms with Crippen LogP contribution in [0, 0.1) is 0 Å². The first kappa shape index (κ1) is 24.7. The zero-order valence-corrected chi connectivity index (χ0v) is 19.3. The number of unbranched alkanes of at least 4 members (excludes halogenated alkanes) is 1. The molecule has 0 radical (unpaired) electrons. The van der Waals surface area contributed by atoms with Gasteiger partial charge in [-0.3, -0.25) is 9.59 Å². The zero-order chi connectivity index (χ0) is 22.5. The summed E-state index contributed by atoms with van der Waals surface area (Å²) in [5, 5.41) is 0. The molecule has 0 aliphatic heterocycles. The molecule has 0 aliphatic carbocycles. The highest BCUT2D eigenvalue weighted by atomic mass is 16.5. The van der Waals surface area contributed by atoms with Crippen molar-refractivity contribution >= 4 is 11.8 Å². The third-order valence-corrected chi connectivity index (χ3v) is 5.46. The summed E-state index contributed by atoms with van der Waals surface area (Å²) >= 11 is 0. The fraction of sp³-hybridized carbons (Fsp3) is 0.520. The Morgan fingerprint density at radius 3 is 2.35 bits per heavy atom. The molecule has 0 N–H and O–H groups in total. The highest BCUT2D eigenvalue weighted by Gasteiger charge is 2.21. The number of methoxy groups -OCH3 is 1. The van der Waals surface area contributed by atoms with Crippen molar-refractivity contribution in [3.05, 3.63) is 59.9 Å². The van der Waals surface area contributed by atoms with Gasteiger partial charge in [-0.05, 0) is 37.0 Å². The minimum atomic E-state index is 0.000118. The van der Waals surface area contributed by atoms with Gasteiger partial charge in [0.1, 0.15) is 0 Å². The second kappa shape index (κ2) is 13.7. The van der Waals surface area contributed by atoms with Gasteiger partial charge >= 0.3 is 0 Å². The van der Waals surface area contributed by atoms with E-state index in [2.05, 4.69) is 6.92 Å². The van der Waals surface area contributed by atoms with Crippen LogP contribution in [0.4, 0.5) is 0 Å². The molecule has 1 aromatic heterocycles. The molecule has 2 amide bonds. The molecule has 0 aliphatic rings. The number of aromatic nitrogens is 1. The summed E-state index contributed by atoms with van der Waals surface area (Å²) in [7, 11) is 3.64. The van der Waals surface area contributed by atoms with E-state index in [9.17, 15) is 9.59 Å². The maximum Gasteiger partial charge on any atom is 0.242 e. The van der Waals surface area contributed by atoms with E-state index < -0.39 is 0 Å². The summed E-state index contributed by atoms with van der Waals surface area (Å²) in [5.41, 5.74) is 2.22. The maximum atomic E-state index is 13.2. The van der Waals surface area contributed by atoms with Gasteiger partial charge in [-0.1, -0.05) is 43.7 Å². The molecule has 0 fully saturated rings. The fourth-order valence-electron chi connectivity index (χ4n) is 3.51. The van der Waals surface area contributed by atoms with Crippen LogP contribution < -0.4 is 0 Å². The van der Waals surface area contributed by atoms with Gasteiger partial charge in [-0.2, -0.15) is 0 Å². The highest BCUT2D eigenvalue weighted by molar-refractivity contribution is 5.85. The first-order valence-electron chi connectivity index (χ1n) is 11.2. The van der Waals surface area contributed by atoms with Gasteiger partial charge in [0.05, 0.1) is 13.1 Å². The second-order valence-electron chi connectivity index (χ2n) is 7.93. The average molecular weight is 428 g/mol. The third kappa shape index (κ3) is 8.58. The van der Waals surface area contributed by atoms with Crippen LogP contribution in [0.1, 0.15) is 43.9 Å². The largest absolute Gasteiger partial charge is 0.385 e. The van der Waals surface area contributed by atoms with Crippen molar-refractivity contribution in [2.24, 2.45) is 7.05 Å². The Hall–Kier alpha value is -2.60. The third-order valence-electron chi connectivity index (χ3n) is 5.46. The summed E-state index contributed by atoms with van der Waals surface area (Å²) in [5.74, 6) is 0.0164. The zero-order valence-electron chi connectivity index (χ0n) is 19.3.